The molecule has 0 unspecified atom stereocenters. The maximum atomic E-state index is 14.2. The Balaban J connectivity index is 1.53. The van der Waals surface area contributed by atoms with Gasteiger partial charge >= 0.3 is 6.18 Å². The van der Waals surface area contributed by atoms with Crippen LogP contribution in [-0.4, -0.2) is 26.6 Å². The highest BCUT2D eigenvalue weighted by molar-refractivity contribution is 5.94. The summed E-state index contributed by atoms with van der Waals surface area (Å²) in [5.74, 6) is -4.49. The van der Waals surface area contributed by atoms with Crippen LogP contribution >= 0.6 is 0 Å². The maximum Gasteiger partial charge on any atom is 0.433 e. The number of nitrogens with two attached hydrogens (primary N) is 1. The monoisotopic (exact) mass is 587 g/mol. The fourth-order valence-corrected chi connectivity index (χ4v) is 5.25. The average Bonchev–Trinajstić information content (AvgIpc) is 3.48. The molecule has 0 bridgehead atoms. The zero-order valence-electron chi connectivity index (χ0n) is 21.8. The second-order valence-corrected chi connectivity index (χ2v) is 9.88. The topological polar surface area (TPSA) is 103 Å². The summed E-state index contributed by atoms with van der Waals surface area (Å²) < 4.78 is 84.6. The Bertz CT molecular complexity index is 1660. The number of halogens is 6. The molecule has 7 nitrogen and oxygen atoms in total. The molecule has 42 heavy (non-hydrogen) atoms. The highest BCUT2D eigenvalue weighted by atomic mass is 19.4. The second-order valence-electron chi connectivity index (χ2n) is 9.88. The Hall–Kier alpha value is -4.68. The highest BCUT2D eigenvalue weighted by Gasteiger charge is 2.41. The van der Waals surface area contributed by atoms with Crippen molar-refractivity contribution in [2.45, 2.75) is 44.4 Å². The molecule has 5 rings (SSSR count). The van der Waals surface area contributed by atoms with Gasteiger partial charge in [-0.3, -0.25) is 19.3 Å². The van der Waals surface area contributed by atoms with Crippen LogP contribution in [0.2, 0.25) is 0 Å². The van der Waals surface area contributed by atoms with E-state index in [0.717, 1.165) is 18.2 Å². The number of carbonyl (C=O) groups is 2. The van der Waals surface area contributed by atoms with Gasteiger partial charge in [0.2, 0.25) is 5.91 Å². The second kappa shape index (κ2) is 11.3. The Morgan fingerprint density at radius 1 is 1.02 bits per heavy atom. The van der Waals surface area contributed by atoms with E-state index >= 15 is 0 Å². The molecule has 4 aromatic rings. The van der Waals surface area contributed by atoms with Crippen LogP contribution in [-0.2, 0) is 36.8 Å². The Labute approximate surface area is 235 Å². The van der Waals surface area contributed by atoms with Gasteiger partial charge in [-0.2, -0.15) is 18.3 Å². The number of aromatic nitrogens is 3. The van der Waals surface area contributed by atoms with E-state index in [1.54, 1.807) is 6.07 Å². The predicted octanol–water partition coefficient (Wildman–Crippen LogP) is 5.07. The van der Waals surface area contributed by atoms with Crippen LogP contribution in [0, 0.1) is 17.5 Å². The van der Waals surface area contributed by atoms with Crippen molar-refractivity contribution in [2.75, 3.05) is 0 Å². The number of alkyl halides is 3. The predicted molar refractivity (Wildman–Crippen MR) is 138 cm³/mol. The minimum absolute atomic E-state index is 0.0654. The first-order valence-corrected chi connectivity index (χ1v) is 12.9. The lowest BCUT2D eigenvalue weighted by Crippen LogP contribution is -2.35. The van der Waals surface area contributed by atoms with Crippen molar-refractivity contribution in [1.29, 1.82) is 0 Å². The van der Waals surface area contributed by atoms with Gasteiger partial charge in [0.15, 0.2) is 0 Å². The number of nitrogens with zero attached hydrogens (tertiary/aromatic N) is 3. The van der Waals surface area contributed by atoms with E-state index in [0.29, 0.717) is 34.7 Å². The molecule has 1 aliphatic carbocycles. The van der Waals surface area contributed by atoms with Gasteiger partial charge in [-0.15, -0.1) is 0 Å². The molecule has 0 fully saturated rings. The Morgan fingerprint density at radius 3 is 2.45 bits per heavy atom. The van der Waals surface area contributed by atoms with Gasteiger partial charge in [0, 0.05) is 23.4 Å². The molecule has 13 heteroatoms. The normalized spacial score (nSPS) is 13.6. The molecule has 0 saturated heterocycles. The third kappa shape index (κ3) is 5.99. The van der Waals surface area contributed by atoms with Crippen LogP contribution < -0.4 is 11.1 Å². The Morgan fingerprint density at radius 2 is 1.76 bits per heavy atom. The molecule has 0 aliphatic heterocycles. The highest BCUT2D eigenvalue weighted by Crippen LogP contribution is 2.37. The summed E-state index contributed by atoms with van der Waals surface area (Å²) in [7, 11) is 0. The van der Waals surface area contributed by atoms with Gasteiger partial charge in [0.05, 0.1) is 23.0 Å². The van der Waals surface area contributed by atoms with Crippen molar-refractivity contribution in [3.63, 3.8) is 0 Å². The number of carbonyl (C=O) groups excluding carboxylic acids is 2. The molecule has 1 aliphatic rings. The fraction of sp³-hybridized carbons (Fsp3) is 0.241. The summed E-state index contributed by atoms with van der Waals surface area (Å²) in [6.45, 7) is -0.777. The lowest BCUT2D eigenvalue weighted by atomic mass is 9.94. The summed E-state index contributed by atoms with van der Waals surface area (Å²) in [5, 5.41) is 6.66. The van der Waals surface area contributed by atoms with Crippen LogP contribution in [0.5, 0.6) is 0 Å². The van der Waals surface area contributed by atoms with Gasteiger partial charge in [-0.05, 0) is 67.1 Å². The van der Waals surface area contributed by atoms with Gasteiger partial charge in [-0.25, -0.2) is 13.2 Å². The smallest absolute Gasteiger partial charge is 0.366 e. The quantitative estimate of drug-likeness (QED) is 0.281. The largest absolute Gasteiger partial charge is 0.433 e. The number of hydrogen-bond acceptors (Lipinski definition) is 4. The van der Waals surface area contributed by atoms with Crippen LogP contribution in [0.4, 0.5) is 26.3 Å². The molecule has 2 aromatic heterocycles. The number of fused-ring (bicyclic) bond motifs is 1. The van der Waals surface area contributed by atoms with Crippen molar-refractivity contribution in [3.8, 4) is 11.1 Å². The lowest BCUT2D eigenvalue weighted by Gasteiger charge is -2.22. The number of amides is 2. The molecule has 218 valence electrons. The third-order valence-corrected chi connectivity index (χ3v) is 6.94. The van der Waals surface area contributed by atoms with Gasteiger partial charge < -0.3 is 11.1 Å². The number of benzene rings is 2. The van der Waals surface area contributed by atoms with Crippen LogP contribution in [0.25, 0.3) is 11.1 Å². The number of nitrogens with one attached hydrogen (secondary N) is 1. The number of rotatable bonds is 8. The number of pyridine rings is 1. The van der Waals surface area contributed by atoms with E-state index in [9.17, 15) is 35.9 Å². The van der Waals surface area contributed by atoms with E-state index in [4.69, 9.17) is 5.73 Å². The SMILES string of the molecule is NC(=O)c1cc(-c2cccnc2[C@H](Cc2cc(F)cc(F)c2)NC(=O)Cn2nc3c(c2C(F)(F)F)CCC3)ccc1F. The first kappa shape index (κ1) is 28.8. The van der Waals surface area contributed by atoms with Crippen LogP contribution in [0.1, 0.15) is 51.0 Å². The molecular formula is C29H23F6N5O2. The lowest BCUT2D eigenvalue weighted by molar-refractivity contribution is -0.145. The summed E-state index contributed by atoms with van der Waals surface area (Å²) in [4.78, 5) is 29.3. The third-order valence-electron chi connectivity index (χ3n) is 6.94. The molecular weight excluding hydrogens is 564 g/mol. The molecule has 2 heterocycles. The number of primary amides is 1. The molecule has 3 N–H and O–H groups in total. The molecule has 0 radical (unpaired) electrons. The molecule has 2 amide bonds. The summed E-state index contributed by atoms with van der Waals surface area (Å²) in [6.07, 6.45) is -2.48. The van der Waals surface area contributed by atoms with E-state index < -0.39 is 59.3 Å². The van der Waals surface area contributed by atoms with Crippen molar-refractivity contribution in [3.05, 3.63) is 106 Å². The standard InChI is InChI=1S/C29H23F6N5O2/c30-17-9-15(10-18(31)13-17)11-24(26-19(4-2-8-37-26)16-6-7-22(32)21(12-16)28(36)42)38-25(41)14-40-27(29(33,34)35)20-3-1-5-23(20)39-40/h2,4,6-10,12-13,24H,1,3,5,11,14H2,(H2,36,42)(H,38,41)/t24-/m0/s1. The summed E-state index contributed by atoms with van der Waals surface area (Å²) >= 11 is 0. The zero-order chi connectivity index (χ0) is 30.2. The van der Waals surface area contributed by atoms with Crippen molar-refractivity contribution in [2.24, 2.45) is 5.73 Å². The number of hydrogen-bond donors (Lipinski definition) is 2. The minimum atomic E-state index is -4.74. The molecule has 0 saturated carbocycles. The van der Waals surface area contributed by atoms with Crippen LogP contribution in [0.15, 0.2) is 54.7 Å². The number of aryl methyl sites for hydroxylation is 1. The van der Waals surface area contributed by atoms with Gasteiger partial charge in [-0.1, -0.05) is 12.1 Å². The van der Waals surface area contributed by atoms with E-state index in [-0.39, 0.29) is 35.4 Å². The minimum Gasteiger partial charge on any atom is -0.366 e. The molecule has 1 atom stereocenters. The first-order valence-electron chi connectivity index (χ1n) is 12.9. The van der Waals surface area contributed by atoms with Crippen molar-refractivity contribution in [1.82, 2.24) is 20.1 Å². The van der Waals surface area contributed by atoms with Gasteiger partial charge in [0.25, 0.3) is 5.91 Å². The molecule has 2 aromatic carbocycles. The first-order chi connectivity index (χ1) is 19.9. The fourth-order valence-electron chi connectivity index (χ4n) is 5.25. The average molecular weight is 588 g/mol. The van der Waals surface area contributed by atoms with E-state index in [1.807, 2.05) is 0 Å². The van der Waals surface area contributed by atoms with Gasteiger partial charge in [0.1, 0.15) is 29.7 Å². The van der Waals surface area contributed by atoms with Crippen molar-refractivity contribution >= 4 is 11.8 Å². The molecule has 0 spiro atoms. The Kier molecular flexibility index (Phi) is 7.76. The summed E-state index contributed by atoms with van der Waals surface area (Å²) in [6, 6.07) is 8.32. The van der Waals surface area contributed by atoms with E-state index in [2.05, 4.69) is 15.4 Å². The van der Waals surface area contributed by atoms with Crippen molar-refractivity contribution < 1.29 is 35.9 Å². The maximum absolute atomic E-state index is 14.2. The van der Waals surface area contributed by atoms with Crippen LogP contribution in [0.3, 0.4) is 0 Å². The van der Waals surface area contributed by atoms with E-state index in [1.165, 1.54) is 24.4 Å². The summed E-state index contributed by atoms with van der Waals surface area (Å²) in [5.41, 5.74) is 5.13. The zero-order valence-corrected chi connectivity index (χ0v) is 21.8.